The molecular formula is C14H22N4O2. The highest BCUT2D eigenvalue weighted by molar-refractivity contribution is 5.75. The summed E-state index contributed by atoms with van der Waals surface area (Å²) < 4.78 is 0. The highest BCUT2D eigenvalue weighted by Gasteiger charge is 2.28. The summed E-state index contributed by atoms with van der Waals surface area (Å²) in [5, 5.41) is 1.75. The molecule has 0 bridgehead atoms. The van der Waals surface area contributed by atoms with Crippen LogP contribution in [0.5, 0.6) is 0 Å². The van der Waals surface area contributed by atoms with Gasteiger partial charge in [0, 0.05) is 25.5 Å². The van der Waals surface area contributed by atoms with E-state index in [1.807, 2.05) is 20.8 Å². The standard InChI is InChI=1S/C14H22N4O2/c1-14(2,3)12(19)20-18-6-4-10(5-7-18)11-8-16-13(15)17-9-11/h8-10H,4-7H2,1-3H3,(H2,15,16,17). The second kappa shape index (κ2) is 5.75. The summed E-state index contributed by atoms with van der Waals surface area (Å²) in [6.07, 6.45) is 5.41. The molecule has 0 spiro atoms. The van der Waals surface area contributed by atoms with E-state index >= 15 is 0 Å². The Morgan fingerprint density at radius 1 is 1.30 bits per heavy atom. The largest absolute Gasteiger partial charge is 0.368 e. The van der Waals surface area contributed by atoms with Crippen LogP contribution in [0.4, 0.5) is 5.95 Å². The minimum Gasteiger partial charge on any atom is -0.368 e. The smallest absolute Gasteiger partial charge is 0.330 e. The van der Waals surface area contributed by atoms with Gasteiger partial charge in [-0.05, 0) is 45.1 Å². The number of anilines is 1. The molecule has 2 rings (SSSR count). The Balaban J connectivity index is 1.86. The number of hydroxylamine groups is 2. The first-order valence-electron chi connectivity index (χ1n) is 6.91. The van der Waals surface area contributed by atoms with Gasteiger partial charge < -0.3 is 10.6 Å². The molecule has 2 heterocycles. The molecule has 6 heteroatoms. The molecule has 0 amide bonds. The molecule has 20 heavy (non-hydrogen) atoms. The monoisotopic (exact) mass is 278 g/mol. The normalized spacial score (nSPS) is 17.9. The van der Waals surface area contributed by atoms with Crippen LogP contribution in [-0.2, 0) is 9.63 Å². The van der Waals surface area contributed by atoms with E-state index in [-0.39, 0.29) is 5.97 Å². The van der Waals surface area contributed by atoms with Crippen LogP contribution in [0.15, 0.2) is 12.4 Å². The molecule has 1 aromatic heterocycles. The fourth-order valence-electron chi connectivity index (χ4n) is 2.09. The Kier molecular flexibility index (Phi) is 4.23. The van der Waals surface area contributed by atoms with Gasteiger partial charge in [-0.1, -0.05) is 0 Å². The van der Waals surface area contributed by atoms with Crippen molar-refractivity contribution in [1.29, 1.82) is 0 Å². The molecule has 0 aromatic carbocycles. The van der Waals surface area contributed by atoms with Gasteiger partial charge in [-0.25, -0.2) is 14.8 Å². The Labute approximate surface area is 119 Å². The molecule has 1 aromatic rings. The second-order valence-corrected chi connectivity index (χ2v) is 6.21. The van der Waals surface area contributed by atoms with Crippen molar-refractivity contribution in [3.05, 3.63) is 18.0 Å². The van der Waals surface area contributed by atoms with Crippen molar-refractivity contribution in [1.82, 2.24) is 15.0 Å². The number of carbonyl (C=O) groups is 1. The third-order valence-corrected chi connectivity index (χ3v) is 3.44. The van der Waals surface area contributed by atoms with E-state index in [2.05, 4.69) is 9.97 Å². The lowest BCUT2D eigenvalue weighted by Crippen LogP contribution is -2.38. The van der Waals surface area contributed by atoms with Crippen molar-refractivity contribution < 1.29 is 9.63 Å². The summed E-state index contributed by atoms with van der Waals surface area (Å²) in [7, 11) is 0. The number of nitrogens with zero attached hydrogens (tertiary/aromatic N) is 3. The summed E-state index contributed by atoms with van der Waals surface area (Å²) >= 11 is 0. The van der Waals surface area contributed by atoms with Crippen LogP contribution >= 0.6 is 0 Å². The zero-order valence-electron chi connectivity index (χ0n) is 12.3. The van der Waals surface area contributed by atoms with E-state index in [9.17, 15) is 4.79 Å². The molecule has 1 aliphatic heterocycles. The van der Waals surface area contributed by atoms with Crippen LogP contribution in [0.3, 0.4) is 0 Å². The number of piperidine rings is 1. The summed E-state index contributed by atoms with van der Waals surface area (Å²) in [6, 6.07) is 0. The predicted octanol–water partition coefficient (Wildman–Crippen LogP) is 1.74. The SMILES string of the molecule is CC(C)(C)C(=O)ON1CCC(c2cnc(N)nc2)CC1. The molecule has 1 fully saturated rings. The van der Waals surface area contributed by atoms with E-state index in [0.717, 1.165) is 31.5 Å². The van der Waals surface area contributed by atoms with Crippen molar-refractivity contribution in [3.63, 3.8) is 0 Å². The van der Waals surface area contributed by atoms with E-state index in [1.54, 1.807) is 17.5 Å². The number of nitrogen functional groups attached to an aromatic ring is 1. The Morgan fingerprint density at radius 2 is 1.85 bits per heavy atom. The fraction of sp³-hybridized carbons (Fsp3) is 0.643. The number of hydrogen-bond acceptors (Lipinski definition) is 6. The minimum atomic E-state index is -0.471. The summed E-state index contributed by atoms with van der Waals surface area (Å²) in [4.78, 5) is 25.3. The molecule has 1 aliphatic rings. The van der Waals surface area contributed by atoms with Gasteiger partial charge in [0.1, 0.15) is 0 Å². The van der Waals surface area contributed by atoms with Gasteiger partial charge >= 0.3 is 5.97 Å². The highest BCUT2D eigenvalue weighted by atomic mass is 16.7. The van der Waals surface area contributed by atoms with E-state index in [4.69, 9.17) is 10.6 Å². The minimum absolute atomic E-state index is 0.188. The first kappa shape index (κ1) is 14.7. The van der Waals surface area contributed by atoms with Gasteiger partial charge in [0.25, 0.3) is 0 Å². The van der Waals surface area contributed by atoms with Crippen molar-refractivity contribution in [2.75, 3.05) is 18.8 Å². The van der Waals surface area contributed by atoms with Gasteiger partial charge in [-0.15, -0.1) is 5.06 Å². The third-order valence-electron chi connectivity index (χ3n) is 3.44. The van der Waals surface area contributed by atoms with Crippen molar-refractivity contribution in [2.24, 2.45) is 5.41 Å². The quantitative estimate of drug-likeness (QED) is 0.887. The van der Waals surface area contributed by atoms with Crippen LogP contribution in [0, 0.1) is 5.41 Å². The van der Waals surface area contributed by atoms with Gasteiger partial charge in [0.05, 0.1) is 5.41 Å². The molecule has 0 unspecified atom stereocenters. The first-order valence-corrected chi connectivity index (χ1v) is 6.91. The lowest BCUT2D eigenvalue weighted by Gasteiger charge is -2.32. The van der Waals surface area contributed by atoms with Gasteiger partial charge in [0.15, 0.2) is 0 Å². The topological polar surface area (TPSA) is 81.3 Å². The average molecular weight is 278 g/mol. The molecule has 0 atom stereocenters. The Hall–Kier alpha value is -1.69. The van der Waals surface area contributed by atoms with Gasteiger partial charge in [0.2, 0.25) is 5.95 Å². The summed E-state index contributed by atoms with van der Waals surface area (Å²) in [5.41, 5.74) is 6.11. The van der Waals surface area contributed by atoms with Gasteiger partial charge in [-0.3, -0.25) is 0 Å². The molecule has 0 radical (unpaired) electrons. The first-order chi connectivity index (χ1) is 9.36. The van der Waals surface area contributed by atoms with E-state index in [1.165, 1.54) is 0 Å². The lowest BCUT2D eigenvalue weighted by molar-refractivity contribution is -0.204. The molecular weight excluding hydrogens is 256 g/mol. The zero-order valence-corrected chi connectivity index (χ0v) is 12.3. The second-order valence-electron chi connectivity index (χ2n) is 6.21. The Bertz CT molecular complexity index is 459. The van der Waals surface area contributed by atoms with E-state index in [0.29, 0.717) is 11.9 Å². The maximum atomic E-state index is 11.8. The number of hydrogen-bond donors (Lipinski definition) is 1. The summed E-state index contributed by atoms with van der Waals surface area (Å²) in [6.45, 7) is 7.03. The van der Waals surface area contributed by atoms with Crippen LogP contribution in [-0.4, -0.2) is 34.1 Å². The molecule has 0 saturated carbocycles. The van der Waals surface area contributed by atoms with Crippen LogP contribution < -0.4 is 5.73 Å². The van der Waals surface area contributed by atoms with Crippen LogP contribution in [0.1, 0.15) is 45.1 Å². The van der Waals surface area contributed by atoms with Crippen molar-refractivity contribution in [3.8, 4) is 0 Å². The molecule has 0 aliphatic carbocycles. The number of aromatic nitrogens is 2. The van der Waals surface area contributed by atoms with Crippen molar-refractivity contribution >= 4 is 11.9 Å². The maximum Gasteiger partial charge on any atom is 0.330 e. The van der Waals surface area contributed by atoms with Gasteiger partial charge in [-0.2, -0.15) is 0 Å². The van der Waals surface area contributed by atoms with Crippen LogP contribution in [0.25, 0.3) is 0 Å². The zero-order chi connectivity index (χ0) is 14.8. The third kappa shape index (κ3) is 3.66. The lowest BCUT2D eigenvalue weighted by atomic mass is 9.92. The number of carbonyl (C=O) groups excluding carboxylic acids is 1. The highest BCUT2D eigenvalue weighted by Crippen LogP contribution is 2.28. The predicted molar refractivity (Wildman–Crippen MR) is 75.5 cm³/mol. The average Bonchev–Trinajstić information content (AvgIpc) is 2.39. The number of nitrogens with two attached hydrogens (primary N) is 1. The number of rotatable bonds is 2. The maximum absolute atomic E-state index is 11.8. The fourth-order valence-corrected chi connectivity index (χ4v) is 2.09. The van der Waals surface area contributed by atoms with E-state index < -0.39 is 5.41 Å². The molecule has 1 saturated heterocycles. The Morgan fingerprint density at radius 3 is 2.35 bits per heavy atom. The molecule has 110 valence electrons. The molecule has 6 nitrogen and oxygen atoms in total. The van der Waals surface area contributed by atoms with Crippen molar-refractivity contribution in [2.45, 2.75) is 39.5 Å². The molecule has 2 N–H and O–H groups in total. The van der Waals surface area contributed by atoms with Crippen LogP contribution in [0.2, 0.25) is 0 Å². The summed E-state index contributed by atoms with van der Waals surface area (Å²) in [5.74, 6) is 0.511.